The molecule has 1 unspecified atom stereocenters. The van der Waals surface area contributed by atoms with Crippen LogP contribution in [0.4, 0.5) is 0 Å². The maximum absolute atomic E-state index is 10.9. The van der Waals surface area contributed by atoms with Crippen molar-refractivity contribution in [1.29, 1.82) is 0 Å². The number of carbonyl (C=O) groups is 1. The largest absolute Gasteiger partial charge is 0.476 e. The Morgan fingerprint density at radius 1 is 1.50 bits per heavy atom. The fourth-order valence-corrected chi connectivity index (χ4v) is 1.88. The monoisotopic (exact) mass is 300 g/mol. The van der Waals surface area contributed by atoms with Gasteiger partial charge in [-0.1, -0.05) is 22.2 Å². The average Bonchev–Trinajstić information content (AvgIpc) is 3.17. The molecule has 2 N–H and O–H groups in total. The van der Waals surface area contributed by atoms with E-state index < -0.39 is 5.97 Å². The van der Waals surface area contributed by atoms with Crippen molar-refractivity contribution in [2.24, 2.45) is 5.92 Å². The van der Waals surface area contributed by atoms with E-state index in [0.717, 1.165) is 18.6 Å². The predicted molar refractivity (Wildman–Crippen MR) is 73.5 cm³/mol. The number of nitrogens with one attached hydrogen (secondary N) is 1. The number of hydrogen-bond acceptors (Lipinski definition) is 6. The first-order chi connectivity index (χ1) is 10.7. The van der Waals surface area contributed by atoms with E-state index in [1.807, 2.05) is 0 Å². The van der Waals surface area contributed by atoms with E-state index in [2.05, 4.69) is 32.2 Å². The maximum atomic E-state index is 10.9. The first kappa shape index (κ1) is 14.0. The van der Waals surface area contributed by atoms with Gasteiger partial charge in [-0.3, -0.25) is 0 Å². The molecular weight excluding hydrogens is 288 g/mol. The van der Waals surface area contributed by atoms with Crippen LogP contribution in [0, 0.1) is 17.8 Å². The van der Waals surface area contributed by atoms with Crippen LogP contribution in [-0.2, 0) is 4.74 Å². The van der Waals surface area contributed by atoms with E-state index in [0.29, 0.717) is 6.61 Å². The number of carboxylic acid groups (broad SMARTS) is 1. The minimum absolute atomic E-state index is 0.137. The van der Waals surface area contributed by atoms with Crippen molar-refractivity contribution in [2.45, 2.75) is 6.42 Å². The van der Waals surface area contributed by atoms with Crippen molar-refractivity contribution in [2.75, 3.05) is 13.2 Å². The number of ether oxygens (including phenoxy) is 2. The number of aromatic amines is 1. The van der Waals surface area contributed by atoms with E-state index in [4.69, 9.17) is 14.6 Å². The molecule has 22 heavy (non-hydrogen) atoms. The normalized spacial score (nSPS) is 16.8. The number of rotatable bonds is 3. The smallest absolute Gasteiger partial charge is 0.359 e. The summed E-state index contributed by atoms with van der Waals surface area (Å²) in [5, 5.41) is 18.1. The Labute approximate surface area is 125 Å². The van der Waals surface area contributed by atoms with Gasteiger partial charge in [-0.15, -0.1) is 0 Å². The number of hydrogen-bond donors (Lipinski definition) is 2. The van der Waals surface area contributed by atoms with Crippen molar-refractivity contribution in [1.82, 2.24) is 20.4 Å². The van der Waals surface area contributed by atoms with Crippen LogP contribution in [0.5, 0.6) is 11.8 Å². The Hall–Kier alpha value is -2.92. The highest BCUT2D eigenvalue weighted by atomic mass is 16.5. The highest BCUT2D eigenvalue weighted by Gasteiger charge is 2.16. The Morgan fingerprint density at radius 3 is 3.09 bits per heavy atom. The van der Waals surface area contributed by atoms with Gasteiger partial charge < -0.3 is 14.6 Å². The lowest BCUT2D eigenvalue weighted by Crippen LogP contribution is -2.00. The van der Waals surface area contributed by atoms with Crippen LogP contribution in [0.25, 0.3) is 0 Å². The molecule has 0 aromatic carbocycles. The molecule has 3 heterocycles. The zero-order valence-corrected chi connectivity index (χ0v) is 11.4. The zero-order chi connectivity index (χ0) is 15.4. The molecule has 8 nitrogen and oxygen atoms in total. The van der Waals surface area contributed by atoms with Crippen LogP contribution in [0.1, 0.15) is 22.5 Å². The summed E-state index contributed by atoms with van der Waals surface area (Å²) >= 11 is 0. The number of carboxylic acids is 1. The van der Waals surface area contributed by atoms with Gasteiger partial charge in [0.1, 0.15) is 0 Å². The minimum Gasteiger partial charge on any atom is -0.476 e. The second-order valence-corrected chi connectivity index (χ2v) is 4.61. The average molecular weight is 300 g/mol. The fraction of sp³-hybridized carbons (Fsp3) is 0.286. The molecule has 1 saturated heterocycles. The molecule has 2 aromatic heterocycles. The number of H-pyrrole nitrogens is 1. The Kier molecular flexibility index (Phi) is 3.98. The van der Waals surface area contributed by atoms with Crippen molar-refractivity contribution in [3.8, 4) is 23.6 Å². The highest BCUT2D eigenvalue weighted by Crippen LogP contribution is 2.19. The molecule has 0 spiro atoms. The van der Waals surface area contributed by atoms with Crippen LogP contribution >= 0.6 is 0 Å². The number of aromatic carboxylic acids is 1. The molecule has 1 atom stereocenters. The van der Waals surface area contributed by atoms with Crippen LogP contribution < -0.4 is 4.74 Å². The molecule has 3 rings (SSSR count). The molecule has 0 aliphatic carbocycles. The molecular formula is C14H12N4O4. The third-order valence-electron chi connectivity index (χ3n) is 3.02. The summed E-state index contributed by atoms with van der Waals surface area (Å²) in [5.41, 5.74) is 0.518. The lowest BCUT2D eigenvalue weighted by atomic mass is 10.1. The minimum atomic E-state index is -1.21. The van der Waals surface area contributed by atoms with E-state index in [-0.39, 0.29) is 23.4 Å². The van der Waals surface area contributed by atoms with Gasteiger partial charge in [0.2, 0.25) is 11.6 Å². The van der Waals surface area contributed by atoms with Crippen molar-refractivity contribution < 1.29 is 19.4 Å². The molecule has 112 valence electrons. The molecule has 1 fully saturated rings. The first-order valence-corrected chi connectivity index (χ1v) is 6.60. The summed E-state index contributed by atoms with van der Waals surface area (Å²) < 4.78 is 10.5. The predicted octanol–water partition coefficient (Wildman–Crippen LogP) is 1.08. The lowest BCUT2D eigenvalue weighted by molar-refractivity contribution is 0.0687. The number of nitrogens with zero attached hydrogens (tertiary/aromatic N) is 3. The second-order valence-electron chi connectivity index (χ2n) is 4.61. The van der Waals surface area contributed by atoms with Crippen LogP contribution in [0.15, 0.2) is 18.3 Å². The van der Waals surface area contributed by atoms with E-state index >= 15 is 0 Å². The summed E-state index contributed by atoms with van der Waals surface area (Å²) in [6.45, 7) is 1.43. The second kappa shape index (κ2) is 6.24. The standard InChI is InChI=1S/C14H12N4O4/c19-14(20)12-13(17-18-16-12)22-11-4-3-9(7-15-11)1-2-10-5-6-21-8-10/h3-4,7,10H,5-6,8H2,(H,19,20)(H,16,17,18). The van der Waals surface area contributed by atoms with E-state index in [9.17, 15) is 4.79 Å². The van der Waals surface area contributed by atoms with Crippen molar-refractivity contribution >= 4 is 5.97 Å². The maximum Gasteiger partial charge on any atom is 0.359 e. The highest BCUT2D eigenvalue weighted by molar-refractivity contribution is 5.87. The Bertz CT molecular complexity index is 723. The molecule has 0 radical (unpaired) electrons. The summed E-state index contributed by atoms with van der Waals surface area (Å²) in [7, 11) is 0. The van der Waals surface area contributed by atoms with Crippen LogP contribution in [-0.4, -0.2) is 44.7 Å². The molecule has 8 heteroatoms. The topological polar surface area (TPSA) is 110 Å². The lowest BCUT2D eigenvalue weighted by Gasteiger charge is -2.01. The number of pyridine rings is 1. The number of aromatic nitrogens is 4. The van der Waals surface area contributed by atoms with Gasteiger partial charge in [0.25, 0.3) is 5.88 Å². The van der Waals surface area contributed by atoms with Gasteiger partial charge >= 0.3 is 5.97 Å². The SMILES string of the molecule is O=C(O)c1[nH]nnc1Oc1ccc(C#CC2CCOC2)cn1. The zero-order valence-electron chi connectivity index (χ0n) is 11.4. The van der Waals surface area contributed by atoms with Gasteiger partial charge in [0, 0.05) is 30.4 Å². The van der Waals surface area contributed by atoms with Crippen LogP contribution in [0.3, 0.4) is 0 Å². The summed E-state index contributed by atoms with van der Waals surface area (Å²) in [6, 6.07) is 3.33. The molecule has 1 aliphatic heterocycles. The summed E-state index contributed by atoms with van der Waals surface area (Å²) in [6.07, 6.45) is 2.50. The Balaban J connectivity index is 1.68. The van der Waals surface area contributed by atoms with Crippen LogP contribution in [0.2, 0.25) is 0 Å². The van der Waals surface area contributed by atoms with Crippen molar-refractivity contribution in [3.05, 3.63) is 29.6 Å². The van der Waals surface area contributed by atoms with Gasteiger partial charge in [-0.25, -0.2) is 14.9 Å². The molecule has 0 amide bonds. The summed E-state index contributed by atoms with van der Waals surface area (Å²) in [5.74, 6) is 5.29. The van der Waals surface area contributed by atoms with Gasteiger partial charge in [0.15, 0.2) is 0 Å². The van der Waals surface area contributed by atoms with Crippen molar-refractivity contribution in [3.63, 3.8) is 0 Å². The van der Waals surface area contributed by atoms with Gasteiger partial charge in [-0.2, -0.15) is 0 Å². The van der Waals surface area contributed by atoms with Gasteiger partial charge in [-0.05, 0) is 12.5 Å². The van der Waals surface area contributed by atoms with E-state index in [1.165, 1.54) is 0 Å². The third-order valence-corrected chi connectivity index (χ3v) is 3.02. The molecule has 0 bridgehead atoms. The molecule has 0 saturated carbocycles. The molecule has 2 aromatic rings. The summed E-state index contributed by atoms with van der Waals surface area (Å²) in [4.78, 5) is 15.0. The quantitative estimate of drug-likeness (QED) is 0.816. The molecule has 1 aliphatic rings. The fourth-order valence-electron chi connectivity index (χ4n) is 1.88. The van der Waals surface area contributed by atoms with Gasteiger partial charge in [0.05, 0.1) is 6.61 Å². The third kappa shape index (κ3) is 3.21. The van der Waals surface area contributed by atoms with E-state index in [1.54, 1.807) is 18.3 Å². The Morgan fingerprint density at radius 2 is 2.41 bits per heavy atom. The first-order valence-electron chi connectivity index (χ1n) is 6.60.